The fourth-order valence-electron chi connectivity index (χ4n) is 3.53. The van der Waals surface area contributed by atoms with Crippen molar-refractivity contribution in [1.29, 1.82) is 0 Å². The maximum absolute atomic E-state index is 13.9. The highest BCUT2D eigenvalue weighted by Crippen LogP contribution is 2.25. The number of carbonyl (C=O) groups is 1. The third-order valence-corrected chi connectivity index (χ3v) is 5.08. The highest BCUT2D eigenvalue weighted by Gasteiger charge is 2.15. The van der Waals surface area contributed by atoms with Crippen molar-refractivity contribution in [3.8, 4) is 5.69 Å². The lowest BCUT2D eigenvalue weighted by molar-refractivity contribution is 0.102. The Labute approximate surface area is 171 Å². The lowest BCUT2D eigenvalue weighted by Gasteiger charge is -2.08. The summed E-state index contributed by atoms with van der Waals surface area (Å²) in [6.45, 7) is 1.87. The smallest absolute Gasteiger partial charge is 0.258 e. The summed E-state index contributed by atoms with van der Waals surface area (Å²) in [7, 11) is 0. The molecule has 0 unspecified atom stereocenters. The van der Waals surface area contributed by atoms with Crippen molar-refractivity contribution in [2.24, 2.45) is 0 Å². The topological polar surface area (TPSA) is 59.8 Å². The lowest BCUT2D eigenvalue weighted by Crippen LogP contribution is -2.14. The zero-order valence-corrected chi connectivity index (χ0v) is 16.1. The molecule has 0 bridgehead atoms. The number of fused-ring (bicyclic) bond motifs is 2. The van der Waals surface area contributed by atoms with Crippen molar-refractivity contribution in [2.45, 2.75) is 6.92 Å². The minimum atomic E-state index is -0.560. The summed E-state index contributed by atoms with van der Waals surface area (Å²) < 4.78 is 13.9. The average Bonchev–Trinajstić information content (AvgIpc) is 3.16. The third-order valence-electron chi connectivity index (χ3n) is 5.08. The molecular weight excluding hydrogens is 379 g/mol. The van der Waals surface area contributed by atoms with Crippen LogP contribution in [0.15, 0.2) is 78.9 Å². The molecule has 0 spiro atoms. The SMILES string of the molecule is Cc1cc2nn(-c3cccc4ccccc34)nc2cc1NC(=O)c1ccccc1F. The van der Waals surface area contributed by atoms with Crippen LogP contribution >= 0.6 is 0 Å². The summed E-state index contributed by atoms with van der Waals surface area (Å²) in [6.07, 6.45) is 0. The van der Waals surface area contributed by atoms with Gasteiger partial charge in [-0.25, -0.2) is 4.39 Å². The van der Waals surface area contributed by atoms with E-state index in [4.69, 9.17) is 0 Å². The van der Waals surface area contributed by atoms with Gasteiger partial charge in [-0.15, -0.1) is 15.0 Å². The van der Waals surface area contributed by atoms with Crippen LogP contribution in [0.5, 0.6) is 0 Å². The van der Waals surface area contributed by atoms with Crippen LogP contribution in [0.2, 0.25) is 0 Å². The van der Waals surface area contributed by atoms with Gasteiger partial charge in [0.1, 0.15) is 16.9 Å². The maximum atomic E-state index is 13.9. The molecule has 1 aromatic heterocycles. The van der Waals surface area contributed by atoms with Crippen LogP contribution in [0.1, 0.15) is 15.9 Å². The van der Waals surface area contributed by atoms with Crippen molar-refractivity contribution in [3.63, 3.8) is 0 Å². The van der Waals surface area contributed by atoms with Crippen LogP contribution in [0.25, 0.3) is 27.5 Å². The van der Waals surface area contributed by atoms with E-state index in [0.717, 1.165) is 22.0 Å². The van der Waals surface area contributed by atoms with Crippen molar-refractivity contribution >= 4 is 33.4 Å². The average molecular weight is 396 g/mol. The number of nitrogens with one attached hydrogen (secondary N) is 1. The summed E-state index contributed by atoms with van der Waals surface area (Å²) >= 11 is 0. The molecule has 6 heteroatoms. The molecule has 0 aliphatic carbocycles. The second-order valence-corrected chi connectivity index (χ2v) is 7.08. The first kappa shape index (κ1) is 18.0. The number of aromatic nitrogens is 3. The number of anilines is 1. The van der Waals surface area contributed by atoms with Crippen LogP contribution in [0.4, 0.5) is 10.1 Å². The van der Waals surface area contributed by atoms with Gasteiger partial charge in [-0.05, 0) is 48.2 Å². The number of rotatable bonds is 3. The monoisotopic (exact) mass is 396 g/mol. The first-order valence-corrected chi connectivity index (χ1v) is 9.52. The van der Waals surface area contributed by atoms with Gasteiger partial charge in [0, 0.05) is 11.1 Å². The standard InChI is InChI=1S/C24H17FN4O/c1-15-13-21-22(14-20(15)26-24(30)18-10-4-5-11-19(18)25)28-29(27-21)23-12-6-8-16-7-2-3-9-17(16)23/h2-14H,1H3,(H,26,30). The molecule has 0 radical (unpaired) electrons. The van der Waals surface area contributed by atoms with E-state index in [2.05, 4.69) is 15.5 Å². The maximum Gasteiger partial charge on any atom is 0.258 e. The number of carbonyl (C=O) groups excluding carboxylic acids is 1. The predicted octanol–water partition coefficient (Wildman–Crippen LogP) is 5.27. The molecule has 4 aromatic carbocycles. The minimum absolute atomic E-state index is 0.00333. The number of hydrogen-bond acceptors (Lipinski definition) is 3. The fourth-order valence-corrected chi connectivity index (χ4v) is 3.53. The van der Waals surface area contributed by atoms with Gasteiger partial charge < -0.3 is 5.32 Å². The Morgan fingerprint density at radius 3 is 2.43 bits per heavy atom. The van der Waals surface area contributed by atoms with E-state index in [1.54, 1.807) is 23.0 Å². The molecule has 0 fully saturated rings. The lowest BCUT2D eigenvalue weighted by atomic mass is 10.1. The normalized spacial score (nSPS) is 11.1. The number of hydrogen-bond donors (Lipinski definition) is 1. The summed E-state index contributed by atoms with van der Waals surface area (Å²) in [5.74, 6) is -1.06. The number of nitrogens with zero attached hydrogens (tertiary/aromatic N) is 3. The molecule has 0 aliphatic heterocycles. The number of aryl methyl sites for hydroxylation is 1. The Balaban J connectivity index is 1.55. The molecule has 0 saturated heterocycles. The molecule has 1 heterocycles. The van der Waals surface area contributed by atoms with Gasteiger partial charge in [-0.1, -0.05) is 48.5 Å². The molecule has 0 saturated carbocycles. The molecule has 1 amide bonds. The predicted molar refractivity (Wildman–Crippen MR) is 115 cm³/mol. The number of benzene rings is 4. The van der Waals surface area contributed by atoms with Gasteiger partial charge in [0.15, 0.2) is 0 Å². The summed E-state index contributed by atoms with van der Waals surface area (Å²) in [5.41, 5.74) is 3.61. The molecule has 30 heavy (non-hydrogen) atoms. The highest BCUT2D eigenvalue weighted by atomic mass is 19.1. The van der Waals surface area contributed by atoms with Crippen molar-refractivity contribution in [2.75, 3.05) is 5.32 Å². The Morgan fingerprint density at radius 2 is 1.60 bits per heavy atom. The first-order valence-electron chi connectivity index (χ1n) is 9.52. The van der Waals surface area contributed by atoms with Crippen molar-refractivity contribution < 1.29 is 9.18 Å². The summed E-state index contributed by atoms with van der Waals surface area (Å²) in [5, 5.41) is 14.2. The zero-order chi connectivity index (χ0) is 20.7. The van der Waals surface area contributed by atoms with Gasteiger partial charge in [-0.2, -0.15) is 0 Å². The number of amides is 1. The van der Waals surface area contributed by atoms with Crippen LogP contribution < -0.4 is 5.32 Å². The van der Waals surface area contributed by atoms with E-state index in [0.29, 0.717) is 16.7 Å². The molecular formula is C24H17FN4O. The van der Waals surface area contributed by atoms with Crippen molar-refractivity contribution in [3.05, 3.63) is 95.8 Å². The molecule has 0 atom stereocenters. The fraction of sp³-hybridized carbons (Fsp3) is 0.0417. The van der Waals surface area contributed by atoms with Gasteiger partial charge >= 0.3 is 0 Å². The molecule has 146 valence electrons. The highest BCUT2D eigenvalue weighted by molar-refractivity contribution is 6.05. The third kappa shape index (κ3) is 3.08. The van der Waals surface area contributed by atoms with E-state index in [1.807, 2.05) is 55.5 Å². The zero-order valence-electron chi connectivity index (χ0n) is 16.1. The summed E-state index contributed by atoms with van der Waals surface area (Å²) in [6, 6.07) is 23.6. The molecule has 5 aromatic rings. The second-order valence-electron chi connectivity index (χ2n) is 7.08. The molecule has 5 rings (SSSR count). The van der Waals surface area contributed by atoms with E-state index < -0.39 is 11.7 Å². The Hall–Kier alpha value is -4.06. The molecule has 5 nitrogen and oxygen atoms in total. The van der Waals surface area contributed by atoms with Gasteiger partial charge in [0.25, 0.3) is 5.91 Å². The Bertz CT molecular complexity index is 1420. The van der Waals surface area contributed by atoms with Gasteiger partial charge in [0.2, 0.25) is 0 Å². The summed E-state index contributed by atoms with van der Waals surface area (Å²) in [4.78, 5) is 14.1. The first-order chi connectivity index (χ1) is 14.6. The van der Waals surface area contributed by atoms with Crippen molar-refractivity contribution in [1.82, 2.24) is 15.0 Å². The Morgan fingerprint density at radius 1 is 0.900 bits per heavy atom. The van der Waals surface area contributed by atoms with Crippen LogP contribution in [-0.4, -0.2) is 20.9 Å². The van der Waals surface area contributed by atoms with Gasteiger partial charge in [-0.3, -0.25) is 4.79 Å². The van der Waals surface area contributed by atoms with Crippen LogP contribution in [-0.2, 0) is 0 Å². The second kappa shape index (κ2) is 7.08. The molecule has 1 N–H and O–H groups in total. The van der Waals surface area contributed by atoms with E-state index in [-0.39, 0.29) is 5.56 Å². The van der Waals surface area contributed by atoms with E-state index >= 15 is 0 Å². The van der Waals surface area contributed by atoms with Crippen LogP contribution in [0, 0.1) is 12.7 Å². The molecule has 0 aliphatic rings. The number of halogens is 1. The largest absolute Gasteiger partial charge is 0.322 e. The quantitative estimate of drug-likeness (QED) is 0.452. The van der Waals surface area contributed by atoms with E-state index in [9.17, 15) is 9.18 Å². The van der Waals surface area contributed by atoms with Gasteiger partial charge in [0.05, 0.1) is 11.3 Å². The Kier molecular flexibility index (Phi) is 4.25. The van der Waals surface area contributed by atoms with Crippen LogP contribution in [0.3, 0.4) is 0 Å². The minimum Gasteiger partial charge on any atom is -0.322 e. The van der Waals surface area contributed by atoms with E-state index in [1.165, 1.54) is 12.1 Å².